The molecule has 2 aromatic heterocycles. The lowest BCUT2D eigenvalue weighted by Gasteiger charge is -2.12. The number of nitrogens with zero attached hydrogens (tertiary/aromatic N) is 2. The standard InChI is InChI=1S/C21H18FN3O3S/c1-3-16-24-19-18-14(22)8-5-9-15(18)29-20(19)21(27)25(16)11-17(26)23-12-6-4-7-13(10-12)28-2/h4-10H,3,11H2,1-2H3,(H,23,26). The molecule has 1 N–H and O–H groups in total. The van der Waals surface area contributed by atoms with E-state index in [1.165, 1.54) is 22.0 Å². The van der Waals surface area contributed by atoms with Crippen LogP contribution in [0.15, 0.2) is 47.3 Å². The van der Waals surface area contributed by atoms with Crippen LogP contribution in [0.3, 0.4) is 0 Å². The summed E-state index contributed by atoms with van der Waals surface area (Å²) in [5.74, 6) is 0.288. The largest absolute Gasteiger partial charge is 0.497 e. The van der Waals surface area contributed by atoms with E-state index in [4.69, 9.17) is 4.74 Å². The minimum absolute atomic E-state index is 0.182. The van der Waals surface area contributed by atoms with Crippen molar-refractivity contribution in [2.24, 2.45) is 0 Å². The van der Waals surface area contributed by atoms with E-state index in [-0.39, 0.29) is 18.0 Å². The lowest BCUT2D eigenvalue weighted by molar-refractivity contribution is -0.116. The molecule has 1 amide bonds. The maximum Gasteiger partial charge on any atom is 0.272 e. The molecule has 0 fully saturated rings. The highest BCUT2D eigenvalue weighted by atomic mass is 32.1. The third kappa shape index (κ3) is 3.47. The Balaban J connectivity index is 1.74. The van der Waals surface area contributed by atoms with Gasteiger partial charge in [-0.2, -0.15) is 0 Å². The van der Waals surface area contributed by atoms with E-state index in [0.717, 1.165) is 0 Å². The fourth-order valence-electron chi connectivity index (χ4n) is 3.25. The van der Waals surface area contributed by atoms with Crippen molar-refractivity contribution in [3.63, 3.8) is 0 Å². The van der Waals surface area contributed by atoms with Gasteiger partial charge in [-0.3, -0.25) is 14.2 Å². The topological polar surface area (TPSA) is 73.2 Å². The summed E-state index contributed by atoms with van der Waals surface area (Å²) in [6.45, 7) is 1.66. The van der Waals surface area contributed by atoms with Gasteiger partial charge in [0.1, 0.15) is 28.6 Å². The Hall–Kier alpha value is -3.26. The molecule has 4 rings (SSSR count). The highest BCUT2D eigenvalue weighted by Crippen LogP contribution is 2.32. The Morgan fingerprint density at radius 3 is 2.83 bits per heavy atom. The summed E-state index contributed by atoms with van der Waals surface area (Å²) in [6, 6.07) is 11.7. The van der Waals surface area contributed by atoms with Crippen molar-refractivity contribution in [2.45, 2.75) is 19.9 Å². The lowest BCUT2D eigenvalue weighted by atomic mass is 10.2. The van der Waals surface area contributed by atoms with Crippen LogP contribution in [0.25, 0.3) is 20.3 Å². The molecular formula is C21H18FN3O3S. The molecule has 0 saturated carbocycles. The van der Waals surface area contributed by atoms with Gasteiger partial charge in [-0.25, -0.2) is 9.37 Å². The minimum Gasteiger partial charge on any atom is -0.497 e. The molecule has 29 heavy (non-hydrogen) atoms. The number of benzene rings is 2. The fourth-order valence-corrected chi connectivity index (χ4v) is 4.35. The van der Waals surface area contributed by atoms with E-state index in [9.17, 15) is 14.0 Å². The zero-order valence-corrected chi connectivity index (χ0v) is 16.7. The number of methoxy groups -OCH3 is 1. The van der Waals surface area contributed by atoms with Crippen molar-refractivity contribution >= 4 is 43.2 Å². The number of aryl methyl sites for hydroxylation is 1. The van der Waals surface area contributed by atoms with E-state index < -0.39 is 5.82 Å². The maximum absolute atomic E-state index is 14.3. The van der Waals surface area contributed by atoms with Gasteiger partial charge >= 0.3 is 0 Å². The smallest absolute Gasteiger partial charge is 0.272 e. The van der Waals surface area contributed by atoms with Gasteiger partial charge in [-0.05, 0) is 24.3 Å². The molecule has 0 spiro atoms. The molecule has 148 valence electrons. The summed E-state index contributed by atoms with van der Waals surface area (Å²) in [6.07, 6.45) is 0.434. The monoisotopic (exact) mass is 411 g/mol. The van der Waals surface area contributed by atoms with Crippen LogP contribution in [0.2, 0.25) is 0 Å². The number of rotatable bonds is 5. The zero-order valence-electron chi connectivity index (χ0n) is 15.9. The number of carbonyl (C=O) groups excluding carboxylic acids is 1. The average molecular weight is 411 g/mol. The van der Waals surface area contributed by atoms with E-state index in [2.05, 4.69) is 10.3 Å². The predicted molar refractivity (Wildman–Crippen MR) is 112 cm³/mol. The molecule has 0 saturated heterocycles. The van der Waals surface area contributed by atoms with Gasteiger partial charge in [0, 0.05) is 22.9 Å². The van der Waals surface area contributed by atoms with Crippen molar-refractivity contribution in [1.29, 1.82) is 0 Å². The molecule has 0 aliphatic carbocycles. The van der Waals surface area contributed by atoms with E-state index in [0.29, 0.717) is 44.0 Å². The van der Waals surface area contributed by atoms with E-state index in [1.807, 2.05) is 6.92 Å². The number of carbonyl (C=O) groups is 1. The molecular weight excluding hydrogens is 393 g/mol. The van der Waals surface area contributed by atoms with Crippen LogP contribution in [-0.4, -0.2) is 22.6 Å². The number of thiophene rings is 1. The molecule has 0 unspecified atom stereocenters. The second kappa shape index (κ2) is 7.63. The molecule has 0 aliphatic heterocycles. The highest BCUT2D eigenvalue weighted by molar-refractivity contribution is 7.25. The molecule has 8 heteroatoms. The van der Waals surface area contributed by atoms with Crippen molar-refractivity contribution in [2.75, 3.05) is 12.4 Å². The average Bonchev–Trinajstić information content (AvgIpc) is 3.10. The first kappa shape index (κ1) is 19.1. The maximum atomic E-state index is 14.3. The number of hydrogen-bond acceptors (Lipinski definition) is 5. The Labute approximate surface area is 169 Å². The highest BCUT2D eigenvalue weighted by Gasteiger charge is 2.19. The normalized spacial score (nSPS) is 11.1. The van der Waals surface area contributed by atoms with Gasteiger partial charge < -0.3 is 10.1 Å². The predicted octanol–water partition coefficient (Wildman–Crippen LogP) is 3.96. The molecule has 6 nitrogen and oxygen atoms in total. The Bertz CT molecular complexity index is 1300. The summed E-state index contributed by atoms with van der Waals surface area (Å²) >= 11 is 1.19. The first-order chi connectivity index (χ1) is 14.0. The van der Waals surface area contributed by atoms with Crippen molar-refractivity contribution in [1.82, 2.24) is 9.55 Å². The number of fused-ring (bicyclic) bond motifs is 3. The summed E-state index contributed by atoms with van der Waals surface area (Å²) < 4.78 is 21.8. The number of ether oxygens (including phenoxy) is 1. The molecule has 2 aromatic carbocycles. The Morgan fingerprint density at radius 2 is 2.07 bits per heavy atom. The van der Waals surface area contributed by atoms with Crippen LogP contribution in [0.4, 0.5) is 10.1 Å². The molecule has 4 aromatic rings. The minimum atomic E-state index is -0.406. The first-order valence-electron chi connectivity index (χ1n) is 9.06. The quantitative estimate of drug-likeness (QED) is 0.540. The summed E-state index contributed by atoms with van der Waals surface area (Å²) in [4.78, 5) is 30.2. The second-order valence-corrected chi connectivity index (χ2v) is 7.50. The van der Waals surface area contributed by atoms with Gasteiger partial charge in [0.25, 0.3) is 5.56 Å². The van der Waals surface area contributed by atoms with Gasteiger partial charge in [0.05, 0.1) is 18.0 Å². The summed E-state index contributed by atoms with van der Waals surface area (Å²) in [5, 5.41) is 3.12. The van der Waals surface area contributed by atoms with Crippen molar-refractivity contribution < 1.29 is 13.9 Å². The van der Waals surface area contributed by atoms with Crippen molar-refractivity contribution in [3.8, 4) is 5.75 Å². The number of nitrogens with one attached hydrogen (secondary N) is 1. The molecule has 0 atom stereocenters. The Morgan fingerprint density at radius 1 is 1.28 bits per heavy atom. The Kier molecular flexibility index (Phi) is 5.02. The first-order valence-corrected chi connectivity index (χ1v) is 9.87. The number of hydrogen-bond donors (Lipinski definition) is 1. The van der Waals surface area contributed by atoms with Crippen LogP contribution < -0.4 is 15.6 Å². The molecule has 0 aliphatic rings. The SMILES string of the molecule is CCc1nc2c(sc3cccc(F)c32)c(=O)n1CC(=O)Nc1cccc(OC)c1. The third-order valence-corrected chi connectivity index (χ3v) is 5.73. The molecule has 0 radical (unpaired) electrons. The van der Waals surface area contributed by atoms with Gasteiger partial charge in [-0.1, -0.05) is 19.1 Å². The number of aromatic nitrogens is 2. The van der Waals surface area contributed by atoms with Crippen LogP contribution in [-0.2, 0) is 17.8 Å². The van der Waals surface area contributed by atoms with Crippen molar-refractivity contribution in [3.05, 3.63) is 64.5 Å². The molecule has 0 bridgehead atoms. The summed E-state index contributed by atoms with van der Waals surface area (Å²) in [7, 11) is 1.54. The fraction of sp³-hybridized carbons (Fsp3) is 0.190. The van der Waals surface area contributed by atoms with Gasteiger partial charge in [-0.15, -0.1) is 11.3 Å². The van der Waals surface area contributed by atoms with E-state index in [1.54, 1.807) is 43.5 Å². The number of anilines is 1. The van der Waals surface area contributed by atoms with Gasteiger partial charge in [0.15, 0.2) is 0 Å². The number of halogens is 1. The van der Waals surface area contributed by atoms with Crippen LogP contribution in [0.1, 0.15) is 12.7 Å². The van der Waals surface area contributed by atoms with Crippen LogP contribution in [0, 0.1) is 5.82 Å². The van der Waals surface area contributed by atoms with Gasteiger partial charge in [0.2, 0.25) is 5.91 Å². The zero-order chi connectivity index (χ0) is 20.5. The van der Waals surface area contributed by atoms with Crippen LogP contribution >= 0.6 is 11.3 Å². The third-order valence-electron chi connectivity index (χ3n) is 4.60. The van der Waals surface area contributed by atoms with Crippen LogP contribution in [0.5, 0.6) is 5.75 Å². The van der Waals surface area contributed by atoms with E-state index >= 15 is 0 Å². The summed E-state index contributed by atoms with van der Waals surface area (Å²) in [5.41, 5.74) is 0.584. The number of amides is 1. The second-order valence-electron chi connectivity index (χ2n) is 6.45. The molecule has 2 heterocycles. The lowest BCUT2D eigenvalue weighted by Crippen LogP contribution is -2.30.